The molecule has 2 fully saturated rings. The highest BCUT2D eigenvalue weighted by Crippen LogP contribution is 2.34. The summed E-state index contributed by atoms with van der Waals surface area (Å²) in [4.78, 5) is 13.3. The Morgan fingerprint density at radius 2 is 2.07 bits per heavy atom. The average molecular weight is 386 g/mol. The van der Waals surface area contributed by atoms with E-state index in [9.17, 15) is 9.18 Å². The van der Waals surface area contributed by atoms with Crippen LogP contribution in [0.4, 0.5) is 4.39 Å². The molecular weight excluding hydrogens is 359 g/mol. The molecule has 0 aliphatic heterocycles. The second-order valence-electron chi connectivity index (χ2n) is 8.15. The van der Waals surface area contributed by atoms with Crippen LogP contribution in [0.1, 0.15) is 37.0 Å². The largest absolute Gasteiger partial charge is 0.480 e. The van der Waals surface area contributed by atoms with E-state index in [0.717, 1.165) is 30.7 Å². The van der Waals surface area contributed by atoms with Gasteiger partial charge >= 0.3 is 5.97 Å². The first-order valence-corrected chi connectivity index (χ1v) is 10.0. The molecule has 2 N–H and O–H groups in total. The van der Waals surface area contributed by atoms with Crippen LogP contribution in [0.15, 0.2) is 34.7 Å². The van der Waals surface area contributed by atoms with Gasteiger partial charge < -0.3 is 14.8 Å². The Kier molecular flexibility index (Phi) is 5.51. The number of carboxylic acid groups (broad SMARTS) is 1. The lowest BCUT2D eigenvalue weighted by Gasteiger charge is -2.42. The van der Waals surface area contributed by atoms with Crippen molar-refractivity contribution in [3.05, 3.63) is 47.5 Å². The van der Waals surface area contributed by atoms with Crippen LogP contribution in [0.2, 0.25) is 0 Å². The number of halogens is 1. The van der Waals surface area contributed by atoms with Crippen LogP contribution >= 0.6 is 0 Å². The summed E-state index contributed by atoms with van der Waals surface area (Å²) < 4.78 is 19.6. The van der Waals surface area contributed by atoms with Gasteiger partial charge in [-0.05, 0) is 62.3 Å². The monoisotopic (exact) mass is 386 g/mol. The summed E-state index contributed by atoms with van der Waals surface area (Å²) >= 11 is 0. The second kappa shape index (κ2) is 8.05. The lowest BCUT2D eigenvalue weighted by molar-refractivity contribution is -0.139. The predicted octanol–water partition coefficient (Wildman–Crippen LogP) is 3.81. The van der Waals surface area contributed by atoms with Gasteiger partial charge in [0.2, 0.25) is 0 Å². The van der Waals surface area contributed by atoms with Gasteiger partial charge in [-0.25, -0.2) is 4.39 Å². The fraction of sp³-hybridized carbons (Fsp3) is 0.500. The van der Waals surface area contributed by atoms with Crippen LogP contribution in [0.3, 0.4) is 0 Å². The molecule has 1 heterocycles. The Labute approximate surface area is 164 Å². The molecule has 2 saturated carbocycles. The highest BCUT2D eigenvalue weighted by molar-refractivity contribution is 5.69. The van der Waals surface area contributed by atoms with Crippen molar-refractivity contribution in [3.63, 3.8) is 0 Å². The van der Waals surface area contributed by atoms with Crippen LogP contribution in [0.5, 0.6) is 0 Å². The lowest BCUT2D eigenvalue weighted by Crippen LogP contribution is -2.54. The topological polar surface area (TPSA) is 65.7 Å². The third kappa shape index (κ3) is 4.45. The standard InChI is InChI=1S/C22H27FN2O3/c1-14-19(3-2-4-20(14)23)21-8-7-18(28-21)11-24-16-9-17(10-16)25(13-22(26)27)12-15-5-6-15/h2-4,7-8,15-17,24H,5-6,9-13H2,1H3,(H,26,27). The van der Waals surface area contributed by atoms with Gasteiger partial charge in [0.15, 0.2) is 0 Å². The number of furan rings is 1. The first-order chi connectivity index (χ1) is 13.5. The molecule has 2 aromatic rings. The maximum Gasteiger partial charge on any atom is 0.317 e. The molecule has 150 valence electrons. The van der Waals surface area contributed by atoms with E-state index in [4.69, 9.17) is 9.52 Å². The zero-order chi connectivity index (χ0) is 19.7. The molecule has 2 aliphatic rings. The number of rotatable bonds is 9. The van der Waals surface area contributed by atoms with Gasteiger partial charge in [-0.3, -0.25) is 9.69 Å². The van der Waals surface area contributed by atoms with Gasteiger partial charge in [0.1, 0.15) is 17.3 Å². The first-order valence-electron chi connectivity index (χ1n) is 10.0. The number of nitrogens with zero attached hydrogens (tertiary/aromatic N) is 1. The number of aliphatic carboxylic acids is 1. The zero-order valence-electron chi connectivity index (χ0n) is 16.2. The van der Waals surface area contributed by atoms with Crippen LogP contribution in [0, 0.1) is 18.7 Å². The number of hydrogen-bond acceptors (Lipinski definition) is 4. The van der Waals surface area contributed by atoms with Crippen molar-refractivity contribution in [2.24, 2.45) is 5.92 Å². The maximum absolute atomic E-state index is 13.7. The molecule has 1 aromatic carbocycles. The van der Waals surface area contributed by atoms with E-state index in [2.05, 4.69) is 10.2 Å². The van der Waals surface area contributed by atoms with E-state index in [1.807, 2.05) is 18.2 Å². The molecule has 2 aliphatic carbocycles. The third-order valence-electron chi connectivity index (χ3n) is 5.92. The minimum absolute atomic E-state index is 0.141. The van der Waals surface area contributed by atoms with Gasteiger partial charge in [-0.2, -0.15) is 0 Å². The van der Waals surface area contributed by atoms with Gasteiger partial charge in [0.25, 0.3) is 0 Å². The first kappa shape index (κ1) is 19.2. The normalized spacial score (nSPS) is 21.7. The summed E-state index contributed by atoms with van der Waals surface area (Å²) in [5.41, 5.74) is 1.37. The molecular formula is C22H27FN2O3. The second-order valence-corrected chi connectivity index (χ2v) is 8.15. The molecule has 5 nitrogen and oxygen atoms in total. The highest BCUT2D eigenvalue weighted by atomic mass is 19.1. The number of benzene rings is 1. The van der Waals surface area contributed by atoms with Crippen molar-refractivity contribution in [2.75, 3.05) is 13.1 Å². The minimum Gasteiger partial charge on any atom is -0.480 e. The molecule has 1 aromatic heterocycles. The SMILES string of the molecule is Cc1c(F)cccc1-c1ccc(CNC2CC(N(CC(=O)O)CC3CC3)C2)o1. The van der Waals surface area contributed by atoms with Crippen LogP contribution < -0.4 is 5.32 Å². The molecule has 0 spiro atoms. The fourth-order valence-corrected chi connectivity index (χ4v) is 3.94. The number of carbonyl (C=O) groups is 1. The summed E-state index contributed by atoms with van der Waals surface area (Å²) in [5.74, 6) is 1.22. The highest BCUT2D eigenvalue weighted by Gasteiger charge is 2.36. The molecule has 28 heavy (non-hydrogen) atoms. The summed E-state index contributed by atoms with van der Waals surface area (Å²) in [6.07, 6.45) is 4.40. The van der Waals surface area contributed by atoms with Gasteiger partial charge in [0, 0.05) is 24.2 Å². The van der Waals surface area contributed by atoms with Crippen LogP contribution in [-0.4, -0.2) is 41.1 Å². The fourth-order valence-electron chi connectivity index (χ4n) is 3.94. The third-order valence-corrected chi connectivity index (χ3v) is 5.92. The Bertz CT molecular complexity index is 840. The lowest BCUT2D eigenvalue weighted by atomic mass is 9.85. The van der Waals surface area contributed by atoms with Crippen molar-refractivity contribution in [2.45, 2.75) is 51.2 Å². The van der Waals surface area contributed by atoms with Crippen molar-refractivity contribution in [1.82, 2.24) is 10.2 Å². The molecule has 0 saturated heterocycles. The molecule has 0 atom stereocenters. The molecule has 0 radical (unpaired) electrons. The Balaban J connectivity index is 1.27. The van der Waals surface area contributed by atoms with Crippen molar-refractivity contribution in [1.29, 1.82) is 0 Å². The Hall–Kier alpha value is -2.18. The molecule has 0 amide bonds. The van der Waals surface area contributed by atoms with E-state index in [0.29, 0.717) is 35.9 Å². The average Bonchev–Trinajstić information content (AvgIpc) is 3.30. The Morgan fingerprint density at radius 3 is 2.79 bits per heavy atom. The minimum atomic E-state index is -0.743. The number of nitrogens with one attached hydrogen (secondary N) is 1. The Morgan fingerprint density at radius 1 is 1.29 bits per heavy atom. The van der Waals surface area contributed by atoms with E-state index < -0.39 is 5.97 Å². The van der Waals surface area contributed by atoms with Gasteiger partial charge in [0.05, 0.1) is 13.1 Å². The summed E-state index contributed by atoms with van der Waals surface area (Å²) in [6, 6.07) is 9.55. The molecule has 0 unspecified atom stereocenters. The summed E-state index contributed by atoms with van der Waals surface area (Å²) in [7, 11) is 0. The molecule has 4 rings (SSSR count). The van der Waals surface area contributed by atoms with Crippen molar-refractivity contribution in [3.8, 4) is 11.3 Å². The van der Waals surface area contributed by atoms with Crippen molar-refractivity contribution < 1.29 is 18.7 Å². The van der Waals surface area contributed by atoms with Crippen LogP contribution in [0.25, 0.3) is 11.3 Å². The van der Waals surface area contributed by atoms with E-state index in [1.54, 1.807) is 13.0 Å². The number of hydrogen-bond donors (Lipinski definition) is 2. The van der Waals surface area contributed by atoms with Gasteiger partial charge in [-0.1, -0.05) is 12.1 Å². The number of carboxylic acids is 1. The summed E-state index contributed by atoms with van der Waals surface area (Å²) in [5, 5.41) is 12.6. The molecule has 0 bridgehead atoms. The van der Waals surface area contributed by atoms with Crippen LogP contribution in [-0.2, 0) is 11.3 Å². The predicted molar refractivity (Wildman–Crippen MR) is 104 cm³/mol. The maximum atomic E-state index is 13.7. The van der Waals surface area contributed by atoms with Crippen molar-refractivity contribution >= 4 is 5.97 Å². The smallest absolute Gasteiger partial charge is 0.317 e. The van der Waals surface area contributed by atoms with Gasteiger partial charge in [-0.15, -0.1) is 0 Å². The quantitative estimate of drug-likeness (QED) is 0.686. The molecule has 6 heteroatoms. The zero-order valence-corrected chi connectivity index (χ0v) is 16.2. The summed E-state index contributed by atoms with van der Waals surface area (Å²) in [6.45, 7) is 3.43. The van der Waals surface area contributed by atoms with E-state index in [-0.39, 0.29) is 12.4 Å². The van der Waals surface area contributed by atoms with E-state index in [1.165, 1.54) is 18.9 Å². The van der Waals surface area contributed by atoms with E-state index >= 15 is 0 Å².